The molecule has 0 aromatic rings. The van der Waals surface area contributed by atoms with Crippen LogP contribution in [0.2, 0.25) is 0 Å². The maximum absolute atomic E-state index is 10.5. The zero-order valence-electron chi connectivity index (χ0n) is 21.6. The van der Waals surface area contributed by atoms with Crippen molar-refractivity contribution in [2.45, 2.75) is 89.9 Å². The van der Waals surface area contributed by atoms with Gasteiger partial charge in [0, 0.05) is 19.6 Å². The van der Waals surface area contributed by atoms with E-state index in [9.17, 15) is 13.2 Å². The van der Waals surface area contributed by atoms with Crippen molar-refractivity contribution in [3.63, 3.8) is 0 Å². The third kappa shape index (κ3) is 35.4. The first-order valence-electron chi connectivity index (χ1n) is 13.2. The third-order valence-corrected chi connectivity index (χ3v) is 6.34. The Bertz CT molecular complexity index is 535. The lowest BCUT2D eigenvalue weighted by Gasteiger charge is -2.17. The first-order chi connectivity index (χ1) is 16.8. The van der Waals surface area contributed by atoms with Crippen LogP contribution in [0.3, 0.4) is 0 Å². The molecular weight excluding hydrogens is 476 g/mol. The summed E-state index contributed by atoms with van der Waals surface area (Å²) in [6, 6.07) is 0. The molecular formula is C24H52N2O8S. The molecule has 0 aliphatic rings. The van der Waals surface area contributed by atoms with E-state index < -0.39 is 16.1 Å². The number of unbranched alkanes of at least 4 members (excludes halogenated alkanes) is 13. The summed E-state index contributed by atoms with van der Waals surface area (Å²) in [5.41, 5.74) is 0. The lowest BCUT2D eigenvalue weighted by molar-refractivity contribution is -0.135. The third-order valence-electron chi connectivity index (χ3n) is 5.53. The number of hydrogen-bond donors (Lipinski definition) is 6. The van der Waals surface area contributed by atoms with Crippen LogP contribution < -0.4 is 5.32 Å². The molecule has 35 heavy (non-hydrogen) atoms. The first-order valence-corrected chi connectivity index (χ1v) is 14.8. The van der Waals surface area contributed by atoms with Gasteiger partial charge >= 0.3 is 5.97 Å². The number of nitrogens with zero attached hydrogens (tertiary/aromatic N) is 1. The average Bonchev–Trinajstić information content (AvgIpc) is 2.78. The minimum atomic E-state index is -3.77. The van der Waals surface area contributed by atoms with Gasteiger partial charge < -0.3 is 25.7 Å². The maximum Gasteiger partial charge on any atom is 0.317 e. The summed E-state index contributed by atoms with van der Waals surface area (Å²) in [6.45, 7) is 2.61. The minimum absolute atomic E-state index is 0.0601. The molecule has 0 amide bonds. The van der Waals surface area contributed by atoms with Gasteiger partial charge in [-0.3, -0.25) is 14.2 Å². The average molecular weight is 529 g/mol. The number of rotatable bonds is 25. The van der Waals surface area contributed by atoms with Crippen LogP contribution in [0, 0.1) is 0 Å². The Kier molecular flexibility index (Phi) is 28.8. The highest BCUT2D eigenvalue weighted by Gasteiger charge is 2.03. The Balaban J connectivity index is 0. The smallest absolute Gasteiger partial charge is 0.317 e. The van der Waals surface area contributed by atoms with Crippen molar-refractivity contribution in [3.8, 4) is 0 Å². The van der Waals surface area contributed by atoms with E-state index in [4.69, 9.17) is 25.0 Å². The van der Waals surface area contributed by atoms with Gasteiger partial charge in [-0.25, -0.2) is 0 Å². The maximum atomic E-state index is 10.5. The van der Waals surface area contributed by atoms with Crippen molar-refractivity contribution in [3.05, 3.63) is 0 Å². The molecule has 6 N–H and O–H groups in total. The summed E-state index contributed by atoms with van der Waals surface area (Å²) in [4.78, 5) is 12.1. The van der Waals surface area contributed by atoms with Gasteiger partial charge in [-0.1, -0.05) is 77.0 Å². The predicted octanol–water partition coefficient (Wildman–Crippen LogP) is 2.28. The van der Waals surface area contributed by atoms with E-state index in [1.807, 2.05) is 0 Å². The molecule has 0 saturated carbocycles. The Morgan fingerprint density at radius 2 is 0.971 bits per heavy atom. The molecule has 0 bridgehead atoms. The number of aliphatic carboxylic acids is 1. The molecule has 0 aliphatic carbocycles. The highest BCUT2D eigenvalue weighted by Crippen LogP contribution is 2.13. The van der Waals surface area contributed by atoms with Crippen molar-refractivity contribution in [2.24, 2.45) is 0 Å². The van der Waals surface area contributed by atoms with Crippen molar-refractivity contribution >= 4 is 16.1 Å². The Morgan fingerprint density at radius 3 is 1.29 bits per heavy atom. The van der Waals surface area contributed by atoms with Crippen LogP contribution in [-0.4, -0.2) is 103 Å². The van der Waals surface area contributed by atoms with E-state index in [0.717, 1.165) is 32.2 Å². The van der Waals surface area contributed by atoms with Crippen LogP contribution in [0.5, 0.6) is 0 Å². The molecule has 0 fully saturated rings. The Hall–Kier alpha value is -0.820. The van der Waals surface area contributed by atoms with Crippen LogP contribution in [0.1, 0.15) is 89.9 Å². The van der Waals surface area contributed by atoms with E-state index in [1.165, 1.54) is 57.8 Å². The number of aliphatic hydroxyl groups is 3. The predicted molar refractivity (Wildman–Crippen MR) is 139 cm³/mol. The molecule has 212 valence electrons. The van der Waals surface area contributed by atoms with Gasteiger partial charge in [-0.05, 0) is 19.4 Å². The molecule has 11 heteroatoms. The lowest BCUT2D eigenvalue weighted by atomic mass is 10.0. The lowest BCUT2D eigenvalue weighted by Crippen LogP contribution is -2.32. The molecule has 10 nitrogen and oxygen atoms in total. The number of hydrogen-bond acceptors (Lipinski definition) is 8. The summed E-state index contributed by atoms with van der Waals surface area (Å²) in [5, 5.41) is 36.8. The van der Waals surface area contributed by atoms with Crippen LogP contribution in [0.25, 0.3) is 0 Å². The molecule has 0 saturated heterocycles. The van der Waals surface area contributed by atoms with Crippen LogP contribution in [0.4, 0.5) is 0 Å². The molecule has 0 spiro atoms. The SMILES string of the molecule is O=C(O)CNCCCCCCCCCCCCCCCCS(=O)(=O)O.OCCN(CCO)CCO. The van der Waals surface area contributed by atoms with Crippen molar-refractivity contribution in [1.82, 2.24) is 10.2 Å². The Labute approximate surface area is 212 Å². The van der Waals surface area contributed by atoms with E-state index in [1.54, 1.807) is 4.90 Å². The Morgan fingerprint density at radius 1 is 0.629 bits per heavy atom. The molecule has 0 rings (SSSR count). The van der Waals surface area contributed by atoms with Gasteiger partial charge in [0.05, 0.1) is 32.1 Å². The number of nitrogens with one attached hydrogen (secondary N) is 1. The minimum Gasteiger partial charge on any atom is -0.480 e. The summed E-state index contributed by atoms with van der Waals surface area (Å²) < 4.78 is 29.7. The molecule has 0 aromatic carbocycles. The normalized spacial score (nSPS) is 11.5. The molecule has 0 radical (unpaired) electrons. The van der Waals surface area contributed by atoms with E-state index >= 15 is 0 Å². The molecule has 0 heterocycles. The largest absolute Gasteiger partial charge is 0.480 e. The zero-order valence-corrected chi connectivity index (χ0v) is 22.4. The monoisotopic (exact) mass is 528 g/mol. The van der Waals surface area contributed by atoms with Crippen LogP contribution in [-0.2, 0) is 14.9 Å². The second kappa shape index (κ2) is 27.8. The summed E-state index contributed by atoms with van der Waals surface area (Å²) in [5.74, 6) is -0.900. The van der Waals surface area contributed by atoms with Crippen LogP contribution >= 0.6 is 0 Å². The zero-order chi connectivity index (χ0) is 26.6. The van der Waals surface area contributed by atoms with E-state index in [-0.39, 0.29) is 32.1 Å². The van der Waals surface area contributed by atoms with Crippen LogP contribution in [0.15, 0.2) is 0 Å². The molecule has 0 atom stereocenters. The van der Waals surface area contributed by atoms with Gasteiger partial charge in [0.15, 0.2) is 0 Å². The second-order valence-electron chi connectivity index (χ2n) is 8.82. The fourth-order valence-corrected chi connectivity index (χ4v) is 4.18. The van der Waals surface area contributed by atoms with E-state index in [2.05, 4.69) is 5.32 Å². The number of carboxylic acid groups (broad SMARTS) is 1. The van der Waals surface area contributed by atoms with Gasteiger partial charge in [-0.15, -0.1) is 0 Å². The highest BCUT2D eigenvalue weighted by molar-refractivity contribution is 7.85. The number of carboxylic acids is 1. The van der Waals surface area contributed by atoms with Crippen molar-refractivity contribution in [2.75, 3.05) is 58.3 Å². The van der Waals surface area contributed by atoms with Gasteiger partial charge in [-0.2, -0.15) is 8.42 Å². The molecule has 0 unspecified atom stereocenters. The fourth-order valence-electron chi connectivity index (χ4n) is 3.61. The standard InChI is InChI=1S/C18H37NO5S.C6H15NO3/c20-18(21)17-19-15-13-11-9-7-5-3-1-2-4-6-8-10-12-14-16-25(22,23)24;8-4-1-7(2-5-9)3-6-10/h19H,1-17H2,(H,20,21)(H,22,23,24);8-10H,1-6H2. The second-order valence-corrected chi connectivity index (χ2v) is 10.4. The van der Waals surface area contributed by atoms with Crippen molar-refractivity contribution < 1.29 is 38.2 Å². The van der Waals surface area contributed by atoms with Crippen molar-refractivity contribution in [1.29, 1.82) is 0 Å². The molecule has 0 aliphatic heterocycles. The molecule has 0 aromatic heterocycles. The highest BCUT2D eigenvalue weighted by atomic mass is 32.2. The first kappa shape index (κ1) is 36.3. The number of carbonyl (C=O) groups is 1. The van der Waals surface area contributed by atoms with Gasteiger partial charge in [0.1, 0.15) is 0 Å². The van der Waals surface area contributed by atoms with Gasteiger partial charge in [0.25, 0.3) is 10.1 Å². The quantitative estimate of drug-likeness (QED) is 0.0764. The van der Waals surface area contributed by atoms with E-state index in [0.29, 0.717) is 26.1 Å². The topological polar surface area (TPSA) is 168 Å². The summed E-state index contributed by atoms with van der Waals surface area (Å²) in [7, 11) is -3.77. The summed E-state index contributed by atoms with van der Waals surface area (Å²) >= 11 is 0. The number of aliphatic hydroxyl groups excluding tert-OH is 3. The fraction of sp³-hybridized carbons (Fsp3) is 0.958. The van der Waals surface area contributed by atoms with Gasteiger partial charge in [0.2, 0.25) is 0 Å². The summed E-state index contributed by atoms with van der Waals surface area (Å²) in [6.07, 6.45) is 16.0.